The van der Waals surface area contributed by atoms with Crippen molar-refractivity contribution in [3.8, 4) is 0 Å². The SMILES string of the molecule is CC(=O)[C@@H](N)CC1=CCc2ccc(C)cc21. The van der Waals surface area contributed by atoms with E-state index in [9.17, 15) is 4.79 Å². The van der Waals surface area contributed by atoms with E-state index >= 15 is 0 Å². The van der Waals surface area contributed by atoms with Gasteiger partial charge >= 0.3 is 0 Å². The molecule has 0 unspecified atom stereocenters. The van der Waals surface area contributed by atoms with E-state index in [0.29, 0.717) is 6.42 Å². The number of carbonyl (C=O) groups excluding carboxylic acids is 1. The molecule has 0 aliphatic heterocycles. The van der Waals surface area contributed by atoms with Crippen molar-refractivity contribution >= 4 is 11.4 Å². The Balaban J connectivity index is 2.22. The lowest BCUT2D eigenvalue weighted by Gasteiger charge is -2.11. The van der Waals surface area contributed by atoms with Crippen molar-refractivity contribution in [3.05, 3.63) is 41.0 Å². The Hall–Kier alpha value is -1.41. The molecule has 2 nitrogen and oxygen atoms in total. The van der Waals surface area contributed by atoms with E-state index in [2.05, 4.69) is 31.2 Å². The highest BCUT2D eigenvalue weighted by atomic mass is 16.1. The largest absolute Gasteiger partial charge is 0.321 e. The maximum atomic E-state index is 11.2. The summed E-state index contributed by atoms with van der Waals surface area (Å²) in [5, 5.41) is 0. The molecule has 0 spiro atoms. The van der Waals surface area contributed by atoms with Gasteiger partial charge in [-0.05, 0) is 43.4 Å². The van der Waals surface area contributed by atoms with Crippen LogP contribution in [0.3, 0.4) is 0 Å². The zero-order chi connectivity index (χ0) is 11.7. The van der Waals surface area contributed by atoms with E-state index in [4.69, 9.17) is 5.73 Å². The monoisotopic (exact) mass is 215 g/mol. The molecule has 0 saturated heterocycles. The van der Waals surface area contributed by atoms with Crippen LogP contribution in [0.4, 0.5) is 0 Å². The third-order valence-corrected chi connectivity index (χ3v) is 3.14. The normalized spacial score (nSPS) is 15.6. The highest BCUT2D eigenvalue weighted by Crippen LogP contribution is 2.31. The predicted octanol–water partition coefficient (Wildman–Crippen LogP) is 2.24. The molecule has 0 aromatic heterocycles. The summed E-state index contributed by atoms with van der Waals surface area (Å²) in [6.07, 6.45) is 3.81. The third-order valence-electron chi connectivity index (χ3n) is 3.14. The van der Waals surface area contributed by atoms with Gasteiger partial charge in [0.15, 0.2) is 0 Å². The molecule has 0 heterocycles. The number of Topliss-reactive ketones (excluding diaryl/α,β-unsaturated/α-hetero) is 1. The topological polar surface area (TPSA) is 43.1 Å². The second kappa shape index (κ2) is 4.22. The third kappa shape index (κ3) is 2.07. The van der Waals surface area contributed by atoms with Crippen LogP contribution in [0.1, 0.15) is 30.0 Å². The van der Waals surface area contributed by atoms with E-state index in [1.807, 2.05) is 0 Å². The molecule has 0 radical (unpaired) electrons. The minimum Gasteiger partial charge on any atom is -0.321 e. The molecule has 0 saturated carbocycles. The molecular weight excluding hydrogens is 198 g/mol. The first-order valence-corrected chi connectivity index (χ1v) is 5.63. The van der Waals surface area contributed by atoms with Crippen molar-refractivity contribution in [1.82, 2.24) is 0 Å². The number of hydrogen-bond donors (Lipinski definition) is 1. The van der Waals surface area contributed by atoms with Crippen molar-refractivity contribution in [2.24, 2.45) is 5.73 Å². The second-order valence-corrected chi connectivity index (χ2v) is 4.52. The maximum Gasteiger partial charge on any atom is 0.146 e. The van der Waals surface area contributed by atoms with Gasteiger partial charge in [0, 0.05) is 0 Å². The molecule has 84 valence electrons. The highest BCUT2D eigenvalue weighted by Gasteiger charge is 2.18. The lowest BCUT2D eigenvalue weighted by atomic mass is 9.97. The van der Waals surface area contributed by atoms with Crippen molar-refractivity contribution in [2.75, 3.05) is 0 Å². The highest BCUT2D eigenvalue weighted by molar-refractivity contribution is 5.85. The first-order chi connectivity index (χ1) is 7.58. The van der Waals surface area contributed by atoms with Gasteiger partial charge in [0.25, 0.3) is 0 Å². The summed E-state index contributed by atoms with van der Waals surface area (Å²) in [5.74, 6) is 0.0574. The van der Waals surface area contributed by atoms with Crippen LogP contribution in [-0.4, -0.2) is 11.8 Å². The summed E-state index contributed by atoms with van der Waals surface area (Å²) in [5.41, 5.74) is 10.9. The van der Waals surface area contributed by atoms with Crippen molar-refractivity contribution in [2.45, 2.75) is 32.7 Å². The molecule has 1 aliphatic carbocycles. The van der Waals surface area contributed by atoms with Gasteiger partial charge in [0.1, 0.15) is 5.78 Å². The Morgan fingerprint density at radius 1 is 1.50 bits per heavy atom. The Bertz CT molecular complexity index is 460. The number of aryl methyl sites for hydroxylation is 1. The zero-order valence-electron chi connectivity index (χ0n) is 9.79. The number of nitrogens with two attached hydrogens (primary N) is 1. The zero-order valence-corrected chi connectivity index (χ0v) is 9.79. The Kier molecular flexibility index (Phi) is 2.92. The maximum absolute atomic E-state index is 11.2. The van der Waals surface area contributed by atoms with E-state index in [1.54, 1.807) is 6.92 Å². The van der Waals surface area contributed by atoms with E-state index in [-0.39, 0.29) is 11.8 Å². The minimum absolute atomic E-state index is 0.0574. The fourth-order valence-electron chi connectivity index (χ4n) is 2.08. The van der Waals surface area contributed by atoms with Gasteiger partial charge < -0.3 is 5.73 Å². The molecule has 1 aromatic rings. The molecule has 1 atom stereocenters. The van der Waals surface area contributed by atoms with Gasteiger partial charge in [-0.25, -0.2) is 0 Å². The molecule has 0 bridgehead atoms. The molecule has 2 rings (SSSR count). The molecule has 0 amide bonds. The molecule has 1 aromatic carbocycles. The van der Waals surface area contributed by atoms with Gasteiger partial charge in [-0.15, -0.1) is 0 Å². The number of allylic oxidation sites excluding steroid dienone is 1. The Morgan fingerprint density at radius 2 is 2.25 bits per heavy atom. The number of fused-ring (bicyclic) bond motifs is 1. The molecule has 1 aliphatic rings. The lowest BCUT2D eigenvalue weighted by Crippen LogP contribution is -2.28. The Morgan fingerprint density at radius 3 is 2.94 bits per heavy atom. The fraction of sp³-hybridized carbons (Fsp3) is 0.357. The van der Waals surface area contributed by atoms with Gasteiger partial charge in [-0.3, -0.25) is 4.79 Å². The fourth-order valence-corrected chi connectivity index (χ4v) is 2.08. The van der Waals surface area contributed by atoms with Crippen molar-refractivity contribution in [3.63, 3.8) is 0 Å². The van der Waals surface area contributed by atoms with Crippen LogP contribution in [0.5, 0.6) is 0 Å². The minimum atomic E-state index is -0.363. The summed E-state index contributed by atoms with van der Waals surface area (Å²) in [7, 11) is 0. The quantitative estimate of drug-likeness (QED) is 0.840. The number of benzene rings is 1. The number of hydrogen-bond acceptors (Lipinski definition) is 2. The molecular formula is C14H17NO. The van der Waals surface area contributed by atoms with Crippen LogP contribution >= 0.6 is 0 Å². The van der Waals surface area contributed by atoms with Gasteiger partial charge in [-0.1, -0.05) is 29.8 Å². The summed E-state index contributed by atoms with van der Waals surface area (Å²) >= 11 is 0. The first kappa shape index (κ1) is 11.1. The average molecular weight is 215 g/mol. The van der Waals surface area contributed by atoms with Gasteiger partial charge in [0.2, 0.25) is 0 Å². The van der Waals surface area contributed by atoms with Crippen LogP contribution in [0.25, 0.3) is 5.57 Å². The number of ketones is 1. The Labute approximate surface area is 96.2 Å². The molecule has 2 heteroatoms. The van der Waals surface area contributed by atoms with E-state index in [1.165, 1.54) is 22.3 Å². The standard InChI is InChI=1S/C14H17NO/c1-9-3-4-11-5-6-12(13(11)7-9)8-14(15)10(2)16/h3-4,6-7,14H,5,8,15H2,1-2H3/t14-/m0/s1. The lowest BCUT2D eigenvalue weighted by molar-refractivity contribution is -0.118. The van der Waals surface area contributed by atoms with Crippen LogP contribution in [0, 0.1) is 6.92 Å². The van der Waals surface area contributed by atoms with Gasteiger partial charge in [-0.2, -0.15) is 0 Å². The molecule has 16 heavy (non-hydrogen) atoms. The molecule has 2 N–H and O–H groups in total. The van der Waals surface area contributed by atoms with Crippen LogP contribution < -0.4 is 5.73 Å². The molecule has 0 fully saturated rings. The summed E-state index contributed by atoms with van der Waals surface area (Å²) in [6, 6.07) is 6.10. The summed E-state index contributed by atoms with van der Waals surface area (Å²) in [6.45, 7) is 3.64. The van der Waals surface area contributed by atoms with Crippen LogP contribution in [0.2, 0.25) is 0 Å². The first-order valence-electron chi connectivity index (χ1n) is 5.63. The van der Waals surface area contributed by atoms with E-state index in [0.717, 1.165) is 6.42 Å². The number of carbonyl (C=O) groups is 1. The van der Waals surface area contributed by atoms with Crippen LogP contribution in [0.15, 0.2) is 24.3 Å². The summed E-state index contributed by atoms with van der Waals surface area (Å²) < 4.78 is 0. The smallest absolute Gasteiger partial charge is 0.146 e. The van der Waals surface area contributed by atoms with Crippen LogP contribution in [-0.2, 0) is 11.2 Å². The van der Waals surface area contributed by atoms with E-state index < -0.39 is 0 Å². The predicted molar refractivity (Wildman–Crippen MR) is 66.1 cm³/mol. The number of rotatable bonds is 3. The average Bonchev–Trinajstić information content (AvgIpc) is 2.61. The second-order valence-electron chi connectivity index (χ2n) is 4.52. The van der Waals surface area contributed by atoms with Crippen molar-refractivity contribution < 1.29 is 4.79 Å². The summed E-state index contributed by atoms with van der Waals surface area (Å²) in [4.78, 5) is 11.2. The van der Waals surface area contributed by atoms with Gasteiger partial charge in [0.05, 0.1) is 6.04 Å². The van der Waals surface area contributed by atoms with Crippen molar-refractivity contribution in [1.29, 1.82) is 0 Å².